The number of rotatable bonds is 2. The Morgan fingerprint density at radius 1 is 0.917 bits per heavy atom. The van der Waals surface area contributed by atoms with E-state index >= 15 is 0 Å². The summed E-state index contributed by atoms with van der Waals surface area (Å²) in [6.07, 6.45) is 5.31. The highest BCUT2D eigenvalue weighted by molar-refractivity contribution is 6.94. The van der Waals surface area contributed by atoms with Crippen molar-refractivity contribution in [3.05, 3.63) is 35.9 Å². The minimum atomic E-state index is -1.44. The fraction of sp³-hybridized carbons (Fsp3) is 0.667. The molecule has 131 valence electrons. The van der Waals surface area contributed by atoms with Crippen molar-refractivity contribution in [2.45, 2.75) is 58.4 Å². The number of hydrogen-bond donors (Lipinski definition) is 0. The van der Waals surface area contributed by atoms with Gasteiger partial charge in [0.15, 0.2) is 5.79 Å². The van der Waals surface area contributed by atoms with Crippen molar-refractivity contribution in [3.63, 3.8) is 0 Å². The van der Waals surface area contributed by atoms with E-state index in [1.165, 1.54) is 25.7 Å². The first-order valence-corrected chi connectivity index (χ1v) is 12.5. The van der Waals surface area contributed by atoms with Gasteiger partial charge in [-0.3, -0.25) is 0 Å². The molecule has 0 bridgehead atoms. The van der Waals surface area contributed by atoms with Crippen LogP contribution in [0.5, 0.6) is 0 Å². The number of benzene rings is 1. The van der Waals surface area contributed by atoms with E-state index in [1.807, 2.05) is 19.4 Å². The molecule has 0 N–H and O–H groups in total. The Morgan fingerprint density at radius 2 is 1.46 bits per heavy atom. The van der Waals surface area contributed by atoms with Crippen molar-refractivity contribution in [1.82, 2.24) is 0 Å². The first-order chi connectivity index (χ1) is 11.3. The topological polar surface area (TPSA) is 18.5 Å². The van der Waals surface area contributed by atoms with Gasteiger partial charge in [-0.2, -0.15) is 0 Å². The Labute approximate surface area is 147 Å². The third kappa shape index (κ3) is 2.89. The molecule has 0 amide bonds. The van der Waals surface area contributed by atoms with E-state index in [0.29, 0.717) is 5.41 Å². The van der Waals surface area contributed by atoms with Crippen molar-refractivity contribution in [3.8, 4) is 0 Å². The number of hydrogen-bond acceptors (Lipinski definition) is 2. The summed E-state index contributed by atoms with van der Waals surface area (Å²) in [5.41, 5.74) is 2.19. The lowest BCUT2D eigenvalue weighted by molar-refractivity contribution is -0.285. The summed E-state index contributed by atoms with van der Waals surface area (Å²) in [5, 5.41) is 1.60. The lowest BCUT2D eigenvalue weighted by Crippen LogP contribution is -2.48. The van der Waals surface area contributed by atoms with Crippen LogP contribution in [0.25, 0.3) is 0 Å². The standard InChI is InChI=1S/C21H31O2Si/c1-20(2)22-14-21(15-23-20)12-16-10-19(11-17(16)13-21)24(3,4)18-8-6-5-7-9-18/h5-9,16-17H,10-15H2,1-4H3/t16-,17-/m0/s1. The van der Waals surface area contributed by atoms with E-state index in [2.05, 4.69) is 43.4 Å². The quantitative estimate of drug-likeness (QED) is 0.745. The fourth-order valence-corrected chi connectivity index (χ4v) is 8.24. The fourth-order valence-electron chi connectivity index (χ4n) is 5.27. The van der Waals surface area contributed by atoms with Gasteiger partial charge in [-0.15, -0.1) is 0 Å². The lowest BCUT2D eigenvalue weighted by atomic mass is 9.84. The molecule has 2 aliphatic carbocycles. The van der Waals surface area contributed by atoms with Crippen molar-refractivity contribution in [2.24, 2.45) is 17.3 Å². The SMILES string of the molecule is CC1(C)OCC2(CO1)C[C@@H]1C[C]([Si](C)(C)c3ccccc3)C[C@H]1C2. The van der Waals surface area contributed by atoms with E-state index < -0.39 is 8.07 Å². The second-order valence-electron chi connectivity index (χ2n) is 9.41. The van der Waals surface area contributed by atoms with Crippen LogP contribution >= 0.6 is 0 Å². The van der Waals surface area contributed by atoms with Crippen molar-refractivity contribution < 1.29 is 9.47 Å². The van der Waals surface area contributed by atoms with Crippen LogP contribution in [0.15, 0.2) is 30.3 Å². The Kier molecular flexibility index (Phi) is 3.98. The Morgan fingerprint density at radius 3 is 2.00 bits per heavy atom. The molecule has 2 saturated carbocycles. The molecule has 3 fully saturated rings. The van der Waals surface area contributed by atoms with Gasteiger partial charge in [0.25, 0.3) is 0 Å². The Balaban J connectivity index is 1.43. The first kappa shape index (κ1) is 16.8. The van der Waals surface area contributed by atoms with Crippen LogP contribution in [0.4, 0.5) is 0 Å². The molecule has 1 saturated heterocycles. The van der Waals surface area contributed by atoms with Crippen molar-refractivity contribution in [1.29, 1.82) is 0 Å². The molecule has 24 heavy (non-hydrogen) atoms. The normalized spacial score (nSPS) is 32.2. The van der Waals surface area contributed by atoms with Crippen molar-refractivity contribution in [2.75, 3.05) is 13.2 Å². The van der Waals surface area contributed by atoms with Crippen LogP contribution in [0, 0.1) is 22.8 Å². The third-order valence-corrected chi connectivity index (χ3v) is 10.9. The molecule has 2 nitrogen and oxygen atoms in total. The molecule has 1 aromatic rings. The minimum Gasteiger partial charge on any atom is -0.350 e. The minimum absolute atomic E-state index is 0.300. The third-order valence-electron chi connectivity index (χ3n) is 6.91. The summed E-state index contributed by atoms with van der Waals surface area (Å²) < 4.78 is 12.0. The van der Waals surface area contributed by atoms with Crippen LogP contribution in [0.1, 0.15) is 39.5 Å². The summed E-state index contributed by atoms with van der Waals surface area (Å²) in [4.78, 5) is 0. The Hall–Kier alpha value is -0.643. The van der Waals surface area contributed by atoms with E-state index in [-0.39, 0.29) is 5.79 Å². The summed E-state index contributed by atoms with van der Waals surface area (Å²) in [6, 6.07) is 11.2. The molecule has 1 heterocycles. The largest absolute Gasteiger partial charge is 0.350 e. The van der Waals surface area contributed by atoms with E-state index in [1.54, 1.807) is 5.19 Å². The number of fused-ring (bicyclic) bond motifs is 1. The molecule has 4 rings (SSSR count). The maximum Gasteiger partial charge on any atom is 0.162 e. The van der Waals surface area contributed by atoms with Gasteiger partial charge in [0.2, 0.25) is 0 Å². The molecule has 1 aromatic carbocycles. The van der Waals surface area contributed by atoms with Crippen LogP contribution in [-0.2, 0) is 9.47 Å². The van der Waals surface area contributed by atoms with Gasteiger partial charge in [-0.05, 0) is 56.9 Å². The smallest absolute Gasteiger partial charge is 0.162 e. The van der Waals surface area contributed by atoms with E-state index in [9.17, 15) is 0 Å². The molecule has 0 unspecified atom stereocenters. The molecule has 1 spiro atoms. The van der Waals surface area contributed by atoms with Gasteiger partial charge in [-0.25, -0.2) is 0 Å². The van der Waals surface area contributed by atoms with Gasteiger partial charge in [0, 0.05) is 5.41 Å². The predicted octanol–water partition coefficient (Wildman–Crippen LogP) is 4.30. The molecule has 2 atom stereocenters. The van der Waals surface area contributed by atoms with E-state index in [4.69, 9.17) is 9.47 Å². The maximum absolute atomic E-state index is 6.01. The highest BCUT2D eigenvalue weighted by Gasteiger charge is 2.54. The first-order valence-electron chi connectivity index (χ1n) is 9.48. The van der Waals surface area contributed by atoms with E-state index in [0.717, 1.165) is 25.0 Å². The van der Waals surface area contributed by atoms with Crippen LogP contribution < -0.4 is 5.19 Å². The predicted molar refractivity (Wildman–Crippen MR) is 101 cm³/mol. The van der Waals surface area contributed by atoms with Crippen LogP contribution in [0.3, 0.4) is 0 Å². The van der Waals surface area contributed by atoms with Gasteiger partial charge in [-0.1, -0.05) is 48.6 Å². The average molecular weight is 344 g/mol. The zero-order valence-electron chi connectivity index (χ0n) is 15.6. The summed E-state index contributed by atoms with van der Waals surface area (Å²) in [5.74, 6) is 1.34. The molecular formula is C21H31O2Si. The number of ether oxygens (including phenoxy) is 2. The zero-order valence-corrected chi connectivity index (χ0v) is 16.6. The second kappa shape index (κ2) is 5.68. The second-order valence-corrected chi connectivity index (χ2v) is 13.9. The molecular weight excluding hydrogens is 312 g/mol. The molecule has 1 aliphatic heterocycles. The van der Waals surface area contributed by atoms with Crippen molar-refractivity contribution >= 4 is 13.3 Å². The summed E-state index contributed by atoms with van der Waals surface area (Å²) in [7, 11) is -1.44. The lowest BCUT2D eigenvalue weighted by Gasteiger charge is -2.42. The maximum atomic E-state index is 6.01. The zero-order chi connectivity index (χ0) is 17.0. The summed E-state index contributed by atoms with van der Waals surface area (Å²) >= 11 is 0. The Bertz CT molecular complexity index is 569. The van der Waals surface area contributed by atoms with Crippen LogP contribution in [0.2, 0.25) is 13.1 Å². The van der Waals surface area contributed by atoms with Gasteiger partial charge >= 0.3 is 0 Å². The van der Waals surface area contributed by atoms with Gasteiger partial charge < -0.3 is 9.47 Å². The average Bonchev–Trinajstić information content (AvgIpc) is 3.08. The molecule has 3 heteroatoms. The van der Waals surface area contributed by atoms with Crippen LogP contribution in [-0.4, -0.2) is 27.1 Å². The van der Waals surface area contributed by atoms with Gasteiger partial charge in [0.05, 0.1) is 21.3 Å². The summed E-state index contributed by atoms with van der Waals surface area (Å²) in [6.45, 7) is 10.9. The highest BCUT2D eigenvalue weighted by atomic mass is 28.3. The molecule has 1 radical (unpaired) electrons. The monoisotopic (exact) mass is 343 g/mol. The molecule has 3 aliphatic rings. The molecule has 0 aromatic heterocycles. The highest BCUT2D eigenvalue weighted by Crippen LogP contribution is 2.58. The van der Waals surface area contributed by atoms with Gasteiger partial charge in [0.1, 0.15) is 0 Å².